The highest BCUT2D eigenvalue weighted by atomic mass is 19.1. The summed E-state index contributed by atoms with van der Waals surface area (Å²) in [6.07, 6.45) is 0.935. The molecule has 0 saturated carbocycles. The third-order valence-corrected chi connectivity index (χ3v) is 3.89. The molecule has 3 rings (SSSR count). The first-order chi connectivity index (χ1) is 12.1. The maximum absolute atomic E-state index is 13.0. The van der Waals surface area contributed by atoms with Gasteiger partial charge in [0.2, 0.25) is 5.95 Å². The van der Waals surface area contributed by atoms with Crippen molar-refractivity contribution in [3.63, 3.8) is 0 Å². The number of hydrogen-bond donors (Lipinski definition) is 2. The predicted molar refractivity (Wildman–Crippen MR) is 99.6 cm³/mol. The molecule has 0 unspecified atom stereocenters. The zero-order valence-electron chi connectivity index (χ0n) is 14.4. The molecule has 0 bridgehead atoms. The Kier molecular flexibility index (Phi) is 5.23. The Hall–Kier alpha value is -2.95. The van der Waals surface area contributed by atoms with E-state index in [1.165, 1.54) is 17.7 Å². The molecule has 0 radical (unpaired) electrons. The lowest BCUT2D eigenvalue weighted by atomic mass is 10.1. The molecule has 0 fully saturated rings. The van der Waals surface area contributed by atoms with E-state index in [9.17, 15) is 4.39 Å². The van der Waals surface area contributed by atoms with E-state index in [0.29, 0.717) is 12.5 Å². The lowest BCUT2D eigenvalue weighted by Gasteiger charge is -2.12. The number of nitrogens with one attached hydrogen (secondary N) is 2. The van der Waals surface area contributed by atoms with Gasteiger partial charge >= 0.3 is 0 Å². The standard InChI is InChI=1S/C20H21FN4/c1-3-16-6-4-5-7-18(16)24-20-23-14(2)12-19(25-20)22-13-15-8-10-17(21)11-9-15/h4-12H,3,13H2,1-2H3,(H2,22,23,24,25). The van der Waals surface area contributed by atoms with Gasteiger partial charge in [0.1, 0.15) is 11.6 Å². The molecule has 0 amide bonds. The van der Waals surface area contributed by atoms with Crippen molar-refractivity contribution in [3.8, 4) is 0 Å². The van der Waals surface area contributed by atoms with Gasteiger partial charge in [0.05, 0.1) is 0 Å². The molecule has 0 atom stereocenters. The molecular formula is C20H21FN4. The van der Waals surface area contributed by atoms with Crippen molar-refractivity contribution in [1.29, 1.82) is 0 Å². The largest absolute Gasteiger partial charge is 0.366 e. The van der Waals surface area contributed by atoms with E-state index in [4.69, 9.17) is 0 Å². The van der Waals surface area contributed by atoms with Crippen LogP contribution in [0.15, 0.2) is 54.6 Å². The van der Waals surface area contributed by atoms with Crippen molar-refractivity contribution in [2.24, 2.45) is 0 Å². The summed E-state index contributed by atoms with van der Waals surface area (Å²) in [5.41, 5.74) is 4.09. The zero-order valence-corrected chi connectivity index (χ0v) is 14.4. The first-order valence-corrected chi connectivity index (χ1v) is 8.33. The van der Waals surface area contributed by atoms with Crippen LogP contribution < -0.4 is 10.6 Å². The smallest absolute Gasteiger partial charge is 0.229 e. The second-order valence-corrected chi connectivity index (χ2v) is 5.83. The van der Waals surface area contributed by atoms with Crippen LogP contribution >= 0.6 is 0 Å². The Morgan fingerprint density at radius 1 is 1.00 bits per heavy atom. The number of nitrogens with zero attached hydrogens (tertiary/aromatic N) is 2. The molecule has 0 aliphatic rings. The monoisotopic (exact) mass is 336 g/mol. The molecule has 4 nitrogen and oxygen atoms in total. The van der Waals surface area contributed by atoms with Crippen LogP contribution in [0.4, 0.5) is 21.8 Å². The maximum atomic E-state index is 13.0. The van der Waals surface area contributed by atoms with Crippen LogP contribution in [-0.2, 0) is 13.0 Å². The minimum Gasteiger partial charge on any atom is -0.366 e. The van der Waals surface area contributed by atoms with Gasteiger partial charge < -0.3 is 10.6 Å². The Labute approximate surface area is 147 Å². The second-order valence-electron chi connectivity index (χ2n) is 5.83. The van der Waals surface area contributed by atoms with Crippen molar-refractivity contribution in [3.05, 3.63) is 77.2 Å². The van der Waals surface area contributed by atoms with Gasteiger partial charge in [0, 0.05) is 24.0 Å². The molecule has 1 aromatic heterocycles. The fraction of sp³-hybridized carbons (Fsp3) is 0.200. The van der Waals surface area contributed by atoms with Crippen LogP contribution in [0.2, 0.25) is 0 Å². The summed E-state index contributed by atoms with van der Waals surface area (Å²) >= 11 is 0. The maximum Gasteiger partial charge on any atom is 0.229 e. The average Bonchev–Trinajstić information content (AvgIpc) is 2.61. The first-order valence-electron chi connectivity index (χ1n) is 8.33. The van der Waals surface area contributed by atoms with Crippen molar-refractivity contribution in [2.45, 2.75) is 26.8 Å². The number of para-hydroxylation sites is 1. The Morgan fingerprint density at radius 2 is 1.76 bits per heavy atom. The first kappa shape index (κ1) is 16.9. The van der Waals surface area contributed by atoms with Crippen LogP contribution in [0.3, 0.4) is 0 Å². The molecule has 0 aliphatic heterocycles. The molecule has 2 aromatic carbocycles. The van der Waals surface area contributed by atoms with Gasteiger partial charge in [0.25, 0.3) is 0 Å². The molecule has 2 N–H and O–H groups in total. The van der Waals surface area contributed by atoms with E-state index in [2.05, 4.69) is 33.6 Å². The third-order valence-electron chi connectivity index (χ3n) is 3.89. The second kappa shape index (κ2) is 7.75. The quantitative estimate of drug-likeness (QED) is 0.676. The number of rotatable bonds is 6. The van der Waals surface area contributed by atoms with Crippen LogP contribution in [0.1, 0.15) is 23.7 Å². The predicted octanol–water partition coefficient (Wildman–Crippen LogP) is 4.84. The number of anilines is 3. The van der Waals surface area contributed by atoms with E-state index >= 15 is 0 Å². The Morgan fingerprint density at radius 3 is 2.52 bits per heavy atom. The SMILES string of the molecule is CCc1ccccc1Nc1nc(C)cc(NCc2ccc(F)cc2)n1. The summed E-state index contributed by atoms with van der Waals surface area (Å²) in [5.74, 6) is 1.05. The van der Waals surface area contributed by atoms with Crippen molar-refractivity contribution in [1.82, 2.24) is 9.97 Å². The average molecular weight is 336 g/mol. The number of aromatic nitrogens is 2. The van der Waals surface area contributed by atoms with Crippen LogP contribution in [0.25, 0.3) is 0 Å². The minimum absolute atomic E-state index is 0.234. The lowest BCUT2D eigenvalue weighted by molar-refractivity contribution is 0.627. The number of hydrogen-bond acceptors (Lipinski definition) is 4. The summed E-state index contributed by atoms with van der Waals surface area (Å²) in [5, 5.41) is 6.56. The zero-order chi connectivity index (χ0) is 17.6. The molecule has 0 spiro atoms. The highest BCUT2D eigenvalue weighted by molar-refractivity contribution is 5.59. The van der Waals surface area contributed by atoms with Crippen LogP contribution in [-0.4, -0.2) is 9.97 Å². The minimum atomic E-state index is -0.234. The summed E-state index contributed by atoms with van der Waals surface area (Å²) in [6, 6.07) is 16.4. The summed E-state index contributed by atoms with van der Waals surface area (Å²) in [4.78, 5) is 8.99. The van der Waals surface area contributed by atoms with Gasteiger partial charge in [-0.1, -0.05) is 37.3 Å². The van der Waals surface area contributed by atoms with E-state index in [-0.39, 0.29) is 5.82 Å². The van der Waals surface area contributed by atoms with Gasteiger partial charge in [-0.05, 0) is 42.7 Å². The van der Waals surface area contributed by atoms with Crippen LogP contribution in [0.5, 0.6) is 0 Å². The highest BCUT2D eigenvalue weighted by Gasteiger charge is 2.05. The summed E-state index contributed by atoms with van der Waals surface area (Å²) in [6.45, 7) is 4.62. The van der Waals surface area contributed by atoms with Crippen molar-refractivity contribution in [2.75, 3.05) is 10.6 Å². The number of benzene rings is 2. The lowest BCUT2D eigenvalue weighted by Crippen LogP contribution is -2.06. The molecule has 128 valence electrons. The van der Waals surface area contributed by atoms with Gasteiger partial charge in [-0.15, -0.1) is 0 Å². The molecule has 25 heavy (non-hydrogen) atoms. The summed E-state index contributed by atoms with van der Waals surface area (Å²) in [7, 11) is 0. The van der Waals surface area contributed by atoms with E-state index in [1.807, 2.05) is 31.2 Å². The third kappa shape index (κ3) is 4.53. The van der Waals surface area contributed by atoms with Gasteiger partial charge in [-0.3, -0.25) is 0 Å². The summed E-state index contributed by atoms with van der Waals surface area (Å²) < 4.78 is 13.0. The molecular weight excluding hydrogens is 315 g/mol. The van der Waals surface area contributed by atoms with Gasteiger partial charge in [-0.25, -0.2) is 9.37 Å². The molecule has 5 heteroatoms. The Balaban J connectivity index is 1.75. The molecule has 0 saturated heterocycles. The van der Waals surface area contributed by atoms with E-state index in [0.717, 1.165) is 29.2 Å². The highest BCUT2D eigenvalue weighted by Crippen LogP contribution is 2.20. The van der Waals surface area contributed by atoms with Crippen molar-refractivity contribution < 1.29 is 4.39 Å². The van der Waals surface area contributed by atoms with Crippen LogP contribution in [0, 0.1) is 12.7 Å². The van der Waals surface area contributed by atoms with Gasteiger partial charge in [0.15, 0.2) is 0 Å². The van der Waals surface area contributed by atoms with E-state index < -0.39 is 0 Å². The van der Waals surface area contributed by atoms with E-state index in [1.54, 1.807) is 12.1 Å². The molecule has 1 heterocycles. The van der Waals surface area contributed by atoms with Gasteiger partial charge in [-0.2, -0.15) is 4.98 Å². The number of aryl methyl sites for hydroxylation is 2. The molecule has 0 aliphatic carbocycles. The number of halogens is 1. The molecule has 3 aromatic rings. The fourth-order valence-corrected chi connectivity index (χ4v) is 2.58. The normalized spacial score (nSPS) is 10.5. The fourth-order valence-electron chi connectivity index (χ4n) is 2.58. The Bertz CT molecular complexity index is 847. The van der Waals surface area contributed by atoms with Crippen molar-refractivity contribution >= 4 is 17.5 Å². The topological polar surface area (TPSA) is 49.8 Å².